The number of aromatic nitrogens is 2. The minimum atomic E-state index is -0.411. The number of carbonyl (C=O) groups is 1. The number of halogens is 1. The third-order valence-corrected chi connectivity index (χ3v) is 3.87. The van der Waals surface area contributed by atoms with Crippen molar-refractivity contribution >= 4 is 5.91 Å². The molecule has 2 heterocycles. The molecule has 1 aromatic heterocycles. The average Bonchev–Trinajstić information content (AvgIpc) is 3.08. The van der Waals surface area contributed by atoms with Crippen LogP contribution in [0.25, 0.3) is 0 Å². The predicted octanol–water partition coefficient (Wildman–Crippen LogP) is 2.18. The molecule has 1 unspecified atom stereocenters. The van der Waals surface area contributed by atoms with Gasteiger partial charge in [-0.15, -0.1) is 0 Å². The van der Waals surface area contributed by atoms with Crippen molar-refractivity contribution < 1.29 is 13.9 Å². The Hall–Kier alpha value is -2.21. The molecule has 0 radical (unpaired) electrons. The first kappa shape index (κ1) is 14.7. The molecule has 2 aromatic rings. The standard InChI is InChI=1S/C16H18FN3O2/c17-13-3-1-11(2-4-13)14(15-18-7-8-19-15)20-16(21)12-5-9-22-10-6-12/h1-4,7-8,12,14H,5-6,9-10H2,(H,18,19)(H,20,21). The van der Waals surface area contributed by atoms with E-state index in [0.717, 1.165) is 18.4 Å². The van der Waals surface area contributed by atoms with Crippen LogP contribution in [0.15, 0.2) is 36.7 Å². The Morgan fingerprint density at radius 3 is 2.68 bits per heavy atom. The van der Waals surface area contributed by atoms with Gasteiger partial charge in [-0.1, -0.05) is 12.1 Å². The number of amides is 1. The lowest BCUT2D eigenvalue weighted by Crippen LogP contribution is -2.37. The molecule has 22 heavy (non-hydrogen) atoms. The predicted molar refractivity (Wildman–Crippen MR) is 78.5 cm³/mol. The summed E-state index contributed by atoms with van der Waals surface area (Å²) in [5, 5.41) is 3.01. The zero-order valence-corrected chi connectivity index (χ0v) is 12.1. The van der Waals surface area contributed by atoms with Gasteiger partial charge < -0.3 is 15.0 Å². The van der Waals surface area contributed by atoms with E-state index in [1.54, 1.807) is 24.5 Å². The molecule has 0 saturated carbocycles. The highest BCUT2D eigenvalue weighted by atomic mass is 19.1. The molecule has 0 bridgehead atoms. The molecule has 1 aliphatic rings. The van der Waals surface area contributed by atoms with E-state index in [9.17, 15) is 9.18 Å². The first-order valence-electron chi connectivity index (χ1n) is 7.37. The van der Waals surface area contributed by atoms with E-state index in [0.29, 0.717) is 19.0 Å². The number of hydrogen-bond donors (Lipinski definition) is 2. The maximum Gasteiger partial charge on any atom is 0.224 e. The van der Waals surface area contributed by atoms with E-state index in [2.05, 4.69) is 15.3 Å². The Labute approximate surface area is 127 Å². The van der Waals surface area contributed by atoms with E-state index in [4.69, 9.17) is 4.74 Å². The molecular formula is C16H18FN3O2. The minimum absolute atomic E-state index is 0.0194. The molecule has 3 rings (SSSR count). The largest absolute Gasteiger partial charge is 0.381 e. The van der Waals surface area contributed by atoms with Crippen LogP contribution in [0.4, 0.5) is 4.39 Å². The van der Waals surface area contributed by atoms with Crippen molar-refractivity contribution in [3.05, 3.63) is 53.9 Å². The number of nitrogens with one attached hydrogen (secondary N) is 2. The highest BCUT2D eigenvalue weighted by Crippen LogP contribution is 2.22. The highest BCUT2D eigenvalue weighted by molar-refractivity contribution is 5.79. The van der Waals surface area contributed by atoms with E-state index in [1.165, 1.54) is 12.1 Å². The maximum atomic E-state index is 13.1. The number of nitrogens with zero attached hydrogens (tertiary/aromatic N) is 1. The first-order valence-corrected chi connectivity index (χ1v) is 7.37. The summed E-state index contributed by atoms with van der Waals surface area (Å²) < 4.78 is 18.4. The molecule has 5 nitrogen and oxygen atoms in total. The molecule has 6 heteroatoms. The third kappa shape index (κ3) is 3.33. The van der Waals surface area contributed by atoms with Gasteiger partial charge in [-0.25, -0.2) is 9.37 Å². The highest BCUT2D eigenvalue weighted by Gasteiger charge is 2.26. The van der Waals surface area contributed by atoms with E-state index in [1.807, 2.05) is 0 Å². The molecule has 1 saturated heterocycles. The van der Waals surface area contributed by atoms with Crippen molar-refractivity contribution in [1.29, 1.82) is 0 Å². The summed E-state index contributed by atoms with van der Waals surface area (Å²) in [4.78, 5) is 19.7. The van der Waals surface area contributed by atoms with Gasteiger partial charge in [0.1, 0.15) is 17.7 Å². The fourth-order valence-corrected chi connectivity index (χ4v) is 2.62. The Morgan fingerprint density at radius 2 is 2.05 bits per heavy atom. The fourth-order valence-electron chi connectivity index (χ4n) is 2.62. The smallest absolute Gasteiger partial charge is 0.224 e. The Bertz CT molecular complexity index is 607. The number of aromatic amines is 1. The second-order valence-corrected chi connectivity index (χ2v) is 5.35. The van der Waals surface area contributed by atoms with Gasteiger partial charge in [-0.2, -0.15) is 0 Å². The van der Waals surface area contributed by atoms with Gasteiger partial charge in [0, 0.05) is 31.5 Å². The van der Waals surface area contributed by atoms with Crippen LogP contribution >= 0.6 is 0 Å². The van der Waals surface area contributed by atoms with Crippen LogP contribution < -0.4 is 5.32 Å². The van der Waals surface area contributed by atoms with Crippen molar-refractivity contribution in [2.75, 3.05) is 13.2 Å². The summed E-state index contributed by atoms with van der Waals surface area (Å²) in [6.07, 6.45) is 4.78. The summed E-state index contributed by atoms with van der Waals surface area (Å²) in [6, 6.07) is 5.67. The zero-order valence-electron chi connectivity index (χ0n) is 12.1. The summed E-state index contributed by atoms with van der Waals surface area (Å²) in [6.45, 7) is 1.22. The van der Waals surface area contributed by atoms with E-state index in [-0.39, 0.29) is 17.6 Å². The summed E-state index contributed by atoms with van der Waals surface area (Å²) >= 11 is 0. The average molecular weight is 303 g/mol. The SMILES string of the molecule is O=C(NC(c1ccc(F)cc1)c1ncc[nH]1)C1CCOCC1. The Kier molecular flexibility index (Phi) is 4.48. The van der Waals surface area contributed by atoms with Gasteiger partial charge in [0.05, 0.1) is 0 Å². The molecule has 1 aliphatic heterocycles. The third-order valence-electron chi connectivity index (χ3n) is 3.87. The zero-order chi connectivity index (χ0) is 15.4. The molecule has 116 valence electrons. The number of imidazole rings is 1. The molecular weight excluding hydrogens is 285 g/mol. The summed E-state index contributed by atoms with van der Waals surface area (Å²) in [5.41, 5.74) is 0.789. The molecule has 1 aromatic carbocycles. The number of rotatable bonds is 4. The number of carbonyl (C=O) groups excluding carboxylic acids is 1. The molecule has 0 spiro atoms. The first-order chi connectivity index (χ1) is 10.7. The van der Waals surface area contributed by atoms with Crippen LogP contribution in [0.5, 0.6) is 0 Å². The molecule has 0 aliphatic carbocycles. The van der Waals surface area contributed by atoms with Gasteiger partial charge in [-0.05, 0) is 30.5 Å². The van der Waals surface area contributed by atoms with Crippen LogP contribution in [-0.4, -0.2) is 29.1 Å². The lowest BCUT2D eigenvalue weighted by Gasteiger charge is -2.24. The quantitative estimate of drug-likeness (QED) is 0.910. The van der Waals surface area contributed by atoms with Crippen molar-refractivity contribution in [3.63, 3.8) is 0 Å². The van der Waals surface area contributed by atoms with Gasteiger partial charge in [0.15, 0.2) is 0 Å². The van der Waals surface area contributed by atoms with Crippen LogP contribution in [0.2, 0.25) is 0 Å². The lowest BCUT2D eigenvalue weighted by molar-refractivity contribution is -0.128. The summed E-state index contributed by atoms with van der Waals surface area (Å²) in [5.74, 6) is 0.255. The molecule has 1 fully saturated rings. The second-order valence-electron chi connectivity index (χ2n) is 5.35. The molecule has 1 atom stereocenters. The Morgan fingerprint density at radius 1 is 1.32 bits per heavy atom. The Balaban J connectivity index is 1.79. The minimum Gasteiger partial charge on any atom is -0.381 e. The number of ether oxygens (including phenoxy) is 1. The van der Waals surface area contributed by atoms with Gasteiger partial charge in [0.25, 0.3) is 0 Å². The van der Waals surface area contributed by atoms with Crippen molar-refractivity contribution in [2.24, 2.45) is 5.92 Å². The van der Waals surface area contributed by atoms with E-state index >= 15 is 0 Å². The van der Waals surface area contributed by atoms with Crippen LogP contribution in [0.3, 0.4) is 0 Å². The van der Waals surface area contributed by atoms with Gasteiger partial charge in [-0.3, -0.25) is 4.79 Å². The monoisotopic (exact) mass is 303 g/mol. The second kappa shape index (κ2) is 6.70. The van der Waals surface area contributed by atoms with Crippen molar-refractivity contribution in [2.45, 2.75) is 18.9 Å². The molecule has 1 amide bonds. The number of hydrogen-bond acceptors (Lipinski definition) is 3. The number of H-pyrrole nitrogens is 1. The van der Waals surface area contributed by atoms with Crippen molar-refractivity contribution in [1.82, 2.24) is 15.3 Å². The van der Waals surface area contributed by atoms with E-state index < -0.39 is 6.04 Å². The summed E-state index contributed by atoms with van der Waals surface area (Å²) in [7, 11) is 0. The fraction of sp³-hybridized carbons (Fsp3) is 0.375. The van der Waals surface area contributed by atoms with Crippen molar-refractivity contribution in [3.8, 4) is 0 Å². The topological polar surface area (TPSA) is 67.0 Å². The maximum absolute atomic E-state index is 13.1. The van der Waals surface area contributed by atoms with Crippen LogP contribution in [-0.2, 0) is 9.53 Å². The lowest BCUT2D eigenvalue weighted by atomic mass is 9.98. The number of benzene rings is 1. The normalized spacial score (nSPS) is 17.1. The van der Waals surface area contributed by atoms with Gasteiger partial charge in [0.2, 0.25) is 5.91 Å². The van der Waals surface area contributed by atoms with Gasteiger partial charge >= 0.3 is 0 Å². The van der Waals surface area contributed by atoms with Crippen LogP contribution in [0.1, 0.15) is 30.3 Å². The van der Waals surface area contributed by atoms with Crippen LogP contribution in [0, 0.1) is 11.7 Å². The molecule has 2 N–H and O–H groups in total.